The molecule has 9 aromatic carbocycles. The molecule has 0 amide bonds. The molecule has 5 heteroatoms. The van der Waals surface area contributed by atoms with Gasteiger partial charge in [-0.05, 0) is 74.8 Å². The maximum absolute atomic E-state index is 6.73. The van der Waals surface area contributed by atoms with Gasteiger partial charge in [0.25, 0.3) is 0 Å². The first-order chi connectivity index (χ1) is 27.7. The highest BCUT2D eigenvalue weighted by atomic mass is 16.3. The van der Waals surface area contributed by atoms with Crippen LogP contribution < -0.4 is 0 Å². The molecule has 0 spiro atoms. The Hall–Kier alpha value is -7.63. The molecule has 5 nitrogen and oxygen atoms in total. The Balaban J connectivity index is 1.23. The van der Waals surface area contributed by atoms with Gasteiger partial charge in [0.05, 0.1) is 16.7 Å². The van der Waals surface area contributed by atoms with Gasteiger partial charge in [0, 0.05) is 38.2 Å². The minimum absolute atomic E-state index is 0.566. The van der Waals surface area contributed by atoms with Crippen LogP contribution in [0.15, 0.2) is 186 Å². The average molecular weight is 715 g/mol. The van der Waals surface area contributed by atoms with Gasteiger partial charge in [0.1, 0.15) is 11.2 Å². The number of aromatic nitrogens is 4. The van der Waals surface area contributed by atoms with Crippen LogP contribution in [-0.4, -0.2) is 19.5 Å². The summed E-state index contributed by atoms with van der Waals surface area (Å²) in [6.45, 7) is 0. The van der Waals surface area contributed by atoms with Gasteiger partial charge in [0.15, 0.2) is 17.5 Å². The van der Waals surface area contributed by atoms with Crippen LogP contribution in [0.3, 0.4) is 0 Å². The number of hydrogen-bond donors (Lipinski definition) is 0. The summed E-state index contributed by atoms with van der Waals surface area (Å²) in [5.74, 6) is 1.78. The fourth-order valence-electron chi connectivity index (χ4n) is 8.53. The Bertz CT molecular complexity index is 3540. The molecular formula is C51H30N4O. The Kier molecular flexibility index (Phi) is 6.56. The number of rotatable bonds is 4. The van der Waals surface area contributed by atoms with Crippen molar-refractivity contribution < 1.29 is 4.42 Å². The van der Waals surface area contributed by atoms with Gasteiger partial charge in [-0.2, -0.15) is 0 Å². The molecule has 12 aromatic rings. The summed E-state index contributed by atoms with van der Waals surface area (Å²) in [4.78, 5) is 15.8. The third-order valence-corrected chi connectivity index (χ3v) is 11.2. The summed E-state index contributed by atoms with van der Waals surface area (Å²) in [7, 11) is 0. The second-order valence-electron chi connectivity index (χ2n) is 14.4. The maximum atomic E-state index is 6.73. The van der Waals surface area contributed by atoms with Crippen LogP contribution in [-0.2, 0) is 0 Å². The van der Waals surface area contributed by atoms with Crippen molar-refractivity contribution in [1.82, 2.24) is 19.5 Å². The van der Waals surface area contributed by atoms with E-state index >= 15 is 0 Å². The summed E-state index contributed by atoms with van der Waals surface area (Å²) in [5, 5.41) is 11.4. The molecule has 0 N–H and O–H groups in total. The van der Waals surface area contributed by atoms with E-state index in [0.29, 0.717) is 17.5 Å². The van der Waals surface area contributed by atoms with E-state index in [0.717, 1.165) is 71.5 Å². The van der Waals surface area contributed by atoms with Crippen molar-refractivity contribution >= 4 is 76.1 Å². The van der Waals surface area contributed by atoms with E-state index in [-0.39, 0.29) is 0 Å². The average Bonchev–Trinajstić information content (AvgIpc) is 3.77. The topological polar surface area (TPSA) is 56.7 Å². The van der Waals surface area contributed by atoms with Gasteiger partial charge in [-0.25, -0.2) is 15.0 Å². The zero-order chi connectivity index (χ0) is 36.7. The minimum atomic E-state index is 0.566. The van der Waals surface area contributed by atoms with Crippen LogP contribution >= 0.6 is 0 Å². The van der Waals surface area contributed by atoms with Crippen molar-refractivity contribution in [2.75, 3.05) is 0 Å². The number of fused-ring (bicyclic) bond motifs is 9. The molecule has 3 aromatic heterocycles. The lowest BCUT2D eigenvalue weighted by Crippen LogP contribution is -2.04. The first-order valence-corrected chi connectivity index (χ1v) is 18.8. The van der Waals surface area contributed by atoms with Crippen molar-refractivity contribution in [2.45, 2.75) is 0 Å². The summed E-state index contributed by atoms with van der Waals surface area (Å²) in [6, 6.07) is 63.9. The lowest BCUT2D eigenvalue weighted by molar-refractivity contribution is 0.669. The summed E-state index contributed by atoms with van der Waals surface area (Å²) in [5.41, 5.74) is 7.49. The third-order valence-electron chi connectivity index (χ3n) is 11.2. The molecule has 0 aliphatic carbocycles. The zero-order valence-electron chi connectivity index (χ0n) is 30.0. The van der Waals surface area contributed by atoms with Crippen molar-refractivity contribution in [3.8, 4) is 39.9 Å². The van der Waals surface area contributed by atoms with Crippen LogP contribution in [0.1, 0.15) is 0 Å². The molecule has 3 heterocycles. The summed E-state index contributed by atoms with van der Waals surface area (Å²) >= 11 is 0. The minimum Gasteiger partial charge on any atom is -0.456 e. The zero-order valence-corrected chi connectivity index (χ0v) is 30.0. The number of furan rings is 1. The SMILES string of the molecule is c1ccc(-c2nc(-c3cc4oc5cc6ccccc6cc5c4cc3-n3c4ccccc4c4cc5ccccc5cc43)nc(-c3cccc4ccccc34)n2)cc1. The molecule has 260 valence electrons. The van der Waals surface area contributed by atoms with Crippen LogP contribution in [0.25, 0.3) is 116 Å². The van der Waals surface area contributed by atoms with Crippen LogP contribution in [0.5, 0.6) is 0 Å². The maximum Gasteiger partial charge on any atom is 0.166 e. The number of hydrogen-bond acceptors (Lipinski definition) is 4. The summed E-state index contributed by atoms with van der Waals surface area (Å²) in [6.07, 6.45) is 0. The highest BCUT2D eigenvalue weighted by molar-refractivity contribution is 6.16. The molecule has 0 saturated heterocycles. The van der Waals surface area contributed by atoms with E-state index in [1.54, 1.807) is 0 Å². The Morgan fingerprint density at radius 1 is 0.339 bits per heavy atom. The van der Waals surface area contributed by atoms with Crippen molar-refractivity contribution in [1.29, 1.82) is 0 Å². The molecule has 0 unspecified atom stereocenters. The van der Waals surface area contributed by atoms with Gasteiger partial charge in [-0.3, -0.25) is 0 Å². The van der Waals surface area contributed by atoms with Crippen LogP contribution in [0, 0.1) is 0 Å². The molecular weight excluding hydrogens is 685 g/mol. The highest BCUT2D eigenvalue weighted by Gasteiger charge is 2.23. The fraction of sp³-hybridized carbons (Fsp3) is 0. The predicted octanol–water partition coefficient (Wildman–Crippen LogP) is 13.3. The molecule has 0 radical (unpaired) electrons. The Morgan fingerprint density at radius 3 is 1.68 bits per heavy atom. The first-order valence-electron chi connectivity index (χ1n) is 18.8. The second kappa shape index (κ2) is 11.9. The van der Waals surface area contributed by atoms with Crippen LogP contribution in [0.2, 0.25) is 0 Å². The second-order valence-corrected chi connectivity index (χ2v) is 14.4. The first kappa shape index (κ1) is 30.8. The fourth-order valence-corrected chi connectivity index (χ4v) is 8.53. The van der Waals surface area contributed by atoms with E-state index in [1.807, 2.05) is 18.2 Å². The molecule has 0 fully saturated rings. The van der Waals surface area contributed by atoms with Gasteiger partial charge < -0.3 is 8.98 Å². The Morgan fingerprint density at radius 2 is 0.893 bits per heavy atom. The van der Waals surface area contributed by atoms with Gasteiger partial charge in [-0.1, -0.05) is 140 Å². The lowest BCUT2D eigenvalue weighted by atomic mass is 10.0. The summed E-state index contributed by atoms with van der Waals surface area (Å²) < 4.78 is 9.12. The predicted molar refractivity (Wildman–Crippen MR) is 230 cm³/mol. The van der Waals surface area contributed by atoms with Gasteiger partial charge >= 0.3 is 0 Å². The molecule has 0 aliphatic rings. The third kappa shape index (κ3) is 4.71. The van der Waals surface area contributed by atoms with E-state index in [2.05, 4.69) is 168 Å². The van der Waals surface area contributed by atoms with Crippen LogP contribution in [0.4, 0.5) is 0 Å². The number of benzene rings is 9. The monoisotopic (exact) mass is 714 g/mol. The Labute approximate surface area is 320 Å². The largest absolute Gasteiger partial charge is 0.456 e. The molecule has 0 aliphatic heterocycles. The van der Waals surface area contributed by atoms with E-state index in [1.165, 1.54) is 26.9 Å². The van der Waals surface area contributed by atoms with E-state index in [9.17, 15) is 0 Å². The van der Waals surface area contributed by atoms with E-state index in [4.69, 9.17) is 19.4 Å². The van der Waals surface area contributed by atoms with Crippen molar-refractivity contribution in [3.05, 3.63) is 182 Å². The van der Waals surface area contributed by atoms with E-state index < -0.39 is 0 Å². The number of nitrogens with zero attached hydrogens (tertiary/aromatic N) is 4. The van der Waals surface area contributed by atoms with Gasteiger partial charge in [0.2, 0.25) is 0 Å². The molecule has 0 saturated carbocycles. The molecule has 12 rings (SSSR count). The van der Waals surface area contributed by atoms with Crippen molar-refractivity contribution in [2.24, 2.45) is 0 Å². The normalized spacial score (nSPS) is 11.9. The number of para-hydroxylation sites is 1. The molecule has 0 bridgehead atoms. The molecule has 0 atom stereocenters. The highest BCUT2D eigenvalue weighted by Crippen LogP contribution is 2.42. The lowest BCUT2D eigenvalue weighted by Gasteiger charge is -2.15. The molecule has 56 heavy (non-hydrogen) atoms. The quantitative estimate of drug-likeness (QED) is 0.182. The van der Waals surface area contributed by atoms with Gasteiger partial charge in [-0.15, -0.1) is 0 Å². The standard InChI is InChI=1S/C51H30N4O/c1-2-14-32(15-3-1)49-52-50(39-23-12-20-31-13-8-9-21-37(31)39)54-51(53-49)43-30-48-42(41-26-34-17-5-7-19-36(34)28-47(41)56-48)29-46(43)55-44-24-11-10-22-38(44)40-25-33-16-4-6-18-35(33)27-45(40)55/h1-30H. The smallest absolute Gasteiger partial charge is 0.166 e. The van der Waals surface area contributed by atoms with Crippen molar-refractivity contribution in [3.63, 3.8) is 0 Å².